The molecule has 1 unspecified atom stereocenters. The Bertz CT molecular complexity index is 689. The fraction of sp³-hybridized carbons (Fsp3) is 0.476. The molecular formula is C21H26N2OS. The summed E-state index contributed by atoms with van der Waals surface area (Å²) < 4.78 is 0. The lowest BCUT2D eigenvalue weighted by atomic mass is 10.1. The van der Waals surface area contributed by atoms with E-state index in [0.717, 1.165) is 38.9 Å². The van der Waals surface area contributed by atoms with Crippen molar-refractivity contribution in [2.75, 3.05) is 13.1 Å². The van der Waals surface area contributed by atoms with Gasteiger partial charge in [0.05, 0.1) is 0 Å². The third-order valence-electron chi connectivity index (χ3n) is 5.56. The quantitative estimate of drug-likeness (QED) is 0.868. The maximum atomic E-state index is 12.3. The van der Waals surface area contributed by atoms with Crippen LogP contribution >= 0.6 is 11.3 Å². The molecule has 4 rings (SSSR count). The standard InChI is InChI=1S/C21H26N2OS/c24-21(18-3-1-2-4-18)22-20-9-11-23(14-20)13-16-5-7-17(8-6-16)19-10-12-25-15-19/h5-8,10,12,15,18,20H,1-4,9,11,13-14H2,(H,22,24). The Morgan fingerprint density at radius 3 is 2.60 bits per heavy atom. The minimum Gasteiger partial charge on any atom is -0.352 e. The largest absolute Gasteiger partial charge is 0.352 e. The van der Waals surface area contributed by atoms with Crippen LogP contribution in [0.3, 0.4) is 0 Å². The molecule has 3 nitrogen and oxygen atoms in total. The lowest BCUT2D eigenvalue weighted by Gasteiger charge is -2.18. The van der Waals surface area contributed by atoms with Crippen molar-refractivity contribution in [3.05, 3.63) is 46.7 Å². The molecule has 1 aliphatic heterocycles. The zero-order chi connectivity index (χ0) is 17.1. The van der Waals surface area contributed by atoms with Crippen LogP contribution in [-0.4, -0.2) is 29.9 Å². The van der Waals surface area contributed by atoms with Gasteiger partial charge in [-0.05, 0) is 52.8 Å². The average molecular weight is 355 g/mol. The van der Waals surface area contributed by atoms with Gasteiger partial charge in [-0.1, -0.05) is 37.1 Å². The number of likely N-dealkylation sites (tertiary alicyclic amines) is 1. The number of nitrogens with zero attached hydrogens (tertiary/aromatic N) is 1. The molecule has 2 fully saturated rings. The molecule has 0 bridgehead atoms. The normalized spacial score (nSPS) is 21.7. The van der Waals surface area contributed by atoms with Gasteiger partial charge in [0.25, 0.3) is 0 Å². The van der Waals surface area contributed by atoms with Gasteiger partial charge >= 0.3 is 0 Å². The van der Waals surface area contributed by atoms with Crippen LogP contribution in [-0.2, 0) is 11.3 Å². The Morgan fingerprint density at radius 1 is 1.08 bits per heavy atom. The summed E-state index contributed by atoms with van der Waals surface area (Å²) in [4.78, 5) is 14.7. The Hall–Kier alpha value is -1.65. The van der Waals surface area contributed by atoms with Crippen molar-refractivity contribution in [2.45, 2.75) is 44.7 Å². The first-order valence-corrected chi connectivity index (χ1v) is 10.4. The number of carbonyl (C=O) groups is 1. The topological polar surface area (TPSA) is 32.3 Å². The van der Waals surface area contributed by atoms with Gasteiger partial charge in [0.2, 0.25) is 5.91 Å². The maximum Gasteiger partial charge on any atom is 0.223 e. The Kier molecular flexibility index (Phi) is 5.18. The summed E-state index contributed by atoms with van der Waals surface area (Å²) in [5, 5.41) is 7.59. The smallest absolute Gasteiger partial charge is 0.223 e. The molecule has 2 aromatic rings. The minimum atomic E-state index is 0.277. The summed E-state index contributed by atoms with van der Waals surface area (Å²) >= 11 is 1.74. The molecular weight excluding hydrogens is 328 g/mol. The second-order valence-electron chi connectivity index (χ2n) is 7.42. The van der Waals surface area contributed by atoms with Crippen LogP contribution < -0.4 is 5.32 Å². The Morgan fingerprint density at radius 2 is 1.88 bits per heavy atom. The van der Waals surface area contributed by atoms with E-state index in [1.165, 1.54) is 29.5 Å². The molecule has 0 radical (unpaired) electrons. The van der Waals surface area contributed by atoms with Crippen molar-refractivity contribution in [2.24, 2.45) is 5.92 Å². The van der Waals surface area contributed by atoms with E-state index in [4.69, 9.17) is 0 Å². The third-order valence-corrected chi connectivity index (χ3v) is 6.24. The van der Waals surface area contributed by atoms with Gasteiger partial charge < -0.3 is 5.32 Å². The van der Waals surface area contributed by atoms with Crippen molar-refractivity contribution in [3.8, 4) is 11.1 Å². The van der Waals surface area contributed by atoms with E-state index in [1.807, 2.05) is 0 Å². The van der Waals surface area contributed by atoms with Gasteiger partial charge in [-0.2, -0.15) is 11.3 Å². The summed E-state index contributed by atoms with van der Waals surface area (Å²) in [5.41, 5.74) is 3.93. The summed E-state index contributed by atoms with van der Waals surface area (Å²) in [6, 6.07) is 11.4. The lowest BCUT2D eigenvalue weighted by molar-refractivity contribution is -0.125. The third kappa shape index (κ3) is 4.13. The number of carbonyl (C=O) groups excluding carboxylic acids is 1. The van der Waals surface area contributed by atoms with Crippen molar-refractivity contribution < 1.29 is 4.79 Å². The number of hydrogen-bond donors (Lipinski definition) is 1. The molecule has 4 heteroatoms. The second kappa shape index (κ2) is 7.71. The van der Waals surface area contributed by atoms with Crippen molar-refractivity contribution in [1.82, 2.24) is 10.2 Å². The lowest BCUT2D eigenvalue weighted by Crippen LogP contribution is -2.39. The van der Waals surface area contributed by atoms with E-state index in [0.29, 0.717) is 11.9 Å². The van der Waals surface area contributed by atoms with E-state index in [2.05, 4.69) is 51.3 Å². The van der Waals surface area contributed by atoms with Gasteiger partial charge in [0.1, 0.15) is 0 Å². The molecule has 1 aliphatic carbocycles. The van der Waals surface area contributed by atoms with Crippen LogP contribution in [0.5, 0.6) is 0 Å². The molecule has 1 saturated carbocycles. The molecule has 1 saturated heterocycles. The molecule has 1 atom stereocenters. The number of hydrogen-bond acceptors (Lipinski definition) is 3. The molecule has 1 amide bonds. The first-order chi connectivity index (χ1) is 12.3. The van der Waals surface area contributed by atoms with E-state index >= 15 is 0 Å². The van der Waals surface area contributed by atoms with E-state index < -0.39 is 0 Å². The molecule has 25 heavy (non-hydrogen) atoms. The first-order valence-electron chi connectivity index (χ1n) is 9.42. The Labute approximate surface area is 154 Å². The number of nitrogens with one attached hydrogen (secondary N) is 1. The van der Waals surface area contributed by atoms with Crippen LogP contribution in [0.15, 0.2) is 41.1 Å². The van der Waals surface area contributed by atoms with Gasteiger partial charge in [-0.25, -0.2) is 0 Å². The number of benzene rings is 1. The first kappa shape index (κ1) is 16.8. The molecule has 2 heterocycles. The highest BCUT2D eigenvalue weighted by Crippen LogP contribution is 2.26. The zero-order valence-electron chi connectivity index (χ0n) is 14.6. The van der Waals surface area contributed by atoms with E-state index in [1.54, 1.807) is 11.3 Å². The van der Waals surface area contributed by atoms with Crippen LogP contribution in [0.25, 0.3) is 11.1 Å². The van der Waals surface area contributed by atoms with Crippen molar-refractivity contribution in [1.29, 1.82) is 0 Å². The van der Waals surface area contributed by atoms with Gasteiger partial charge in [0, 0.05) is 31.6 Å². The maximum absolute atomic E-state index is 12.3. The average Bonchev–Trinajstić information content (AvgIpc) is 3.39. The molecule has 1 aromatic carbocycles. The summed E-state index contributed by atoms with van der Waals surface area (Å²) in [5.74, 6) is 0.572. The molecule has 2 aliphatic rings. The summed E-state index contributed by atoms with van der Waals surface area (Å²) in [6.45, 7) is 3.02. The predicted octanol–water partition coefficient (Wildman–Crippen LogP) is 4.30. The van der Waals surface area contributed by atoms with Crippen molar-refractivity contribution >= 4 is 17.2 Å². The summed E-state index contributed by atoms with van der Waals surface area (Å²) in [7, 11) is 0. The predicted molar refractivity (Wildman–Crippen MR) is 104 cm³/mol. The van der Waals surface area contributed by atoms with Gasteiger partial charge in [-0.3, -0.25) is 9.69 Å². The molecule has 132 valence electrons. The SMILES string of the molecule is O=C(NC1CCN(Cc2ccc(-c3ccsc3)cc2)C1)C1CCCC1. The minimum absolute atomic E-state index is 0.277. The van der Waals surface area contributed by atoms with Gasteiger partial charge in [0.15, 0.2) is 0 Å². The number of thiophene rings is 1. The van der Waals surface area contributed by atoms with E-state index in [9.17, 15) is 4.79 Å². The fourth-order valence-electron chi connectivity index (χ4n) is 4.09. The molecule has 0 spiro atoms. The van der Waals surface area contributed by atoms with Crippen LogP contribution in [0.1, 0.15) is 37.7 Å². The number of amides is 1. The Balaban J connectivity index is 1.28. The second-order valence-corrected chi connectivity index (χ2v) is 8.20. The monoisotopic (exact) mass is 354 g/mol. The zero-order valence-corrected chi connectivity index (χ0v) is 15.4. The molecule has 1 N–H and O–H groups in total. The molecule has 1 aromatic heterocycles. The fourth-order valence-corrected chi connectivity index (χ4v) is 4.76. The highest BCUT2D eigenvalue weighted by Gasteiger charge is 2.28. The highest BCUT2D eigenvalue weighted by atomic mass is 32.1. The van der Waals surface area contributed by atoms with Crippen LogP contribution in [0.2, 0.25) is 0 Å². The van der Waals surface area contributed by atoms with Crippen LogP contribution in [0, 0.1) is 5.92 Å². The van der Waals surface area contributed by atoms with E-state index in [-0.39, 0.29) is 5.92 Å². The van der Waals surface area contributed by atoms with Crippen molar-refractivity contribution in [3.63, 3.8) is 0 Å². The highest BCUT2D eigenvalue weighted by molar-refractivity contribution is 7.08. The number of rotatable bonds is 5. The van der Waals surface area contributed by atoms with Gasteiger partial charge in [-0.15, -0.1) is 0 Å². The summed E-state index contributed by atoms with van der Waals surface area (Å²) in [6.07, 6.45) is 5.68. The van der Waals surface area contributed by atoms with Crippen LogP contribution in [0.4, 0.5) is 0 Å².